The van der Waals surface area contributed by atoms with Crippen molar-refractivity contribution in [1.82, 2.24) is 16.0 Å². The van der Waals surface area contributed by atoms with E-state index in [0.29, 0.717) is 18.7 Å². The number of hydrogen-bond acceptors (Lipinski definition) is 2. The van der Waals surface area contributed by atoms with Crippen molar-refractivity contribution in [3.63, 3.8) is 0 Å². The molecular formula is C22H30N4O. The number of carbonyl (C=O) groups excluding carboxylic acids is 1. The highest BCUT2D eigenvalue weighted by atomic mass is 16.1. The molecule has 2 aromatic carbocycles. The first kappa shape index (κ1) is 20.5. The second kappa shape index (κ2) is 11.0. The Kier molecular flexibility index (Phi) is 8.36. The summed E-state index contributed by atoms with van der Waals surface area (Å²) in [7, 11) is 0. The lowest BCUT2D eigenvalue weighted by Gasteiger charge is -2.18. The van der Waals surface area contributed by atoms with Crippen molar-refractivity contribution in [2.24, 2.45) is 4.99 Å². The van der Waals surface area contributed by atoms with E-state index in [2.05, 4.69) is 40.0 Å². The number of nitrogens with one attached hydrogen (secondary N) is 3. The molecular weight excluding hydrogens is 336 g/mol. The third kappa shape index (κ3) is 6.77. The van der Waals surface area contributed by atoms with Gasteiger partial charge in [0.25, 0.3) is 5.91 Å². The van der Waals surface area contributed by atoms with Gasteiger partial charge in [-0.1, -0.05) is 49.4 Å². The molecule has 0 aliphatic heterocycles. The minimum Gasteiger partial charge on any atom is -0.357 e. The number of carbonyl (C=O) groups is 1. The van der Waals surface area contributed by atoms with E-state index in [1.807, 2.05) is 56.3 Å². The van der Waals surface area contributed by atoms with Crippen LogP contribution >= 0.6 is 0 Å². The number of benzene rings is 2. The van der Waals surface area contributed by atoms with Crippen LogP contribution in [0, 0.1) is 0 Å². The van der Waals surface area contributed by atoms with Crippen LogP contribution in [-0.2, 0) is 6.54 Å². The van der Waals surface area contributed by atoms with Gasteiger partial charge < -0.3 is 16.0 Å². The fraction of sp³-hybridized carbons (Fsp3) is 0.364. The van der Waals surface area contributed by atoms with Crippen molar-refractivity contribution < 1.29 is 4.79 Å². The van der Waals surface area contributed by atoms with Gasteiger partial charge in [0, 0.05) is 18.7 Å². The third-order valence-electron chi connectivity index (χ3n) is 4.14. The predicted molar refractivity (Wildman–Crippen MR) is 112 cm³/mol. The van der Waals surface area contributed by atoms with Crippen LogP contribution in [0.1, 0.15) is 54.7 Å². The Morgan fingerprint density at radius 1 is 1.04 bits per heavy atom. The summed E-state index contributed by atoms with van der Waals surface area (Å²) < 4.78 is 0. The highest BCUT2D eigenvalue weighted by Gasteiger charge is 2.08. The summed E-state index contributed by atoms with van der Waals surface area (Å²) in [6.45, 7) is 8.17. The lowest BCUT2D eigenvalue weighted by molar-refractivity contribution is 0.0953. The Labute approximate surface area is 162 Å². The van der Waals surface area contributed by atoms with Crippen molar-refractivity contribution in [3.05, 3.63) is 71.3 Å². The van der Waals surface area contributed by atoms with E-state index < -0.39 is 0 Å². The molecule has 5 nitrogen and oxygen atoms in total. The molecule has 0 saturated carbocycles. The molecule has 0 bridgehead atoms. The summed E-state index contributed by atoms with van der Waals surface area (Å²) in [5, 5.41) is 9.61. The maximum Gasteiger partial charge on any atom is 0.251 e. The van der Waals surface area contributed by atoms with E-state index in [1.165, 1.54) is 5.56 Å². The van der Waals surface area contributed by atoms with Crippen LogP contribution in [-0.4, -0.2) is 25.0 Å². The number of aliphatic imine (C=N–C) groups is 1. The molecule has 1 unspecified atom stereocenters. The van der Waals surface area contributed by atoms with E-state index in [9.17, 15) is 4.79 Å². The molecule has 2 rings (SSSR count). The summed E-state index contributed by atoms with van der Waals surface area (Å²) in [5.74, 6) is 0.722. The molecule has 0 aliphatic carbocycles. The molecule has 2 aromatic rings. The molecule has 0 heterocycles. The molecule has 0 spiro atoms. The topological polar surface area (TPSA) is 65.5 Å². The third-order valence-corrected chi connectivity index (χ3v) is 4.14. The Bertz CT molecular complexity index is 743. The maximum absolute atomic E-state index is 12.1. The average Bonchev–Trinajstić information content (AvgIpc) is 2.71. The van der Waals surface area contributed by atoms with Gasteiger partial charge in [-0.25, -0.2) is 4.99 Å². The van der Waals surface area contributed by atoms with Gasteiger partial charge in [0.05, 0.1) is 12.6 Å². The standard InChI is InChI=1S/C22H30N4O/c1-4-14-24-21(27)20-13-9-10-18(15-20)16-25-22(23-5-2)26-17(3)19-11-7-6-8-12-19/h6-13,15,17H,4-5,14,16H2,1-3H3,(H,24,27)(H2,23,25,26). The van der Waals surface area contributed by atoms with Gasteiger partial charge in [-0.15, -0.1) is 0 Å². The Morgan fingerprint density at radius 3 is 2.52 bits per heavy atom. The van der Waals surface area contributed by atoms with Gasteiger partial charge in [0.2, 0.25) is 0 Å². The van der Waals surface area contributed by atoms with Gasteiger partial charge in [-0.2, -0.15) is 0 Å². The first-order valence-electron chi connectivity index (χ1n) is 9.61. The molecule has 0 radical (unpaired) electrons. The van der Waals surface area contributed by atoms with Gasteiger partial charge in [0.1, 0.15) is 0 Å². The first-order chi connectivity index (χ1) is 13.1. The zero-order valence-electron chi connectivity index (χ0n) is 16.5. The normalized spacial score (nSPS) is 12.3. The van der Waals surface area contributed by atoms with Crippen molar-refractivity contribution in [2.45, 2.75) is 39.8 Å². The monoisotopic (exact) mass is 366 g/mol. The molecule has 144 valence electrons. The summed E-state index contributed by atoms with van der Waals surface area (Å²) in [4.78, 5) is 16.8. The lowest BCUT2D eigenvalue weighted by Crippen LogP contribution is -2.38. The van der Waals surface area contributed by atoms with Crippen molar-refractivity contribution >= 4 is 11.9 Å². The summed E-state index contributed by atoms with van der Waals surface area (Å²) >= 11 is 0. The fourth-order valence-electron chi connectivity index (χ4n) is 2.67. The lowest BCUT2D eigenvalue weighted by atomic mass is 10.1. The Hall–Kier alpha value is -2.82. The van der Waals surface area contributed by atoms with Gasteiger partial charge in [-0.3, -0.25) is 4.79 Å². The quantitative estimate of drug-likeness (QED) is 0.494. The molecule has 0 aromatic heterocycles. The first-order valence-corrected chi connectivity index (χ1v) is 9.61. The van der Waals surface area contributed by atoms with Crippen LogP contribution in [0.5, 0.6) is 0 Å². The molecule has 1 atom stereocenters. The van der Waals surface area contributed by atoms with E-state index in [-0.39, 0.29) is 11.9 Å². The zero-order valence-corrected chi connectivity index (χ0v) is 16.5. The second-order valence-electron chi connectivity index (χ2n) is 6.43. The highest BCUT2D eigenvalue weighted by molar-refractivity contribution is 5.94. The summed E-state index contributed by atoms with van der Waals surface area (Å²) in [6, 6.07) is 18.0. The Balaban J connectivity index is 2.04. The summed E-state index contributed by atoms with van der Waals surface area (Å²) in [6.07, 6.45) is 0.924. The molecule has 0 saturated heterocycles. The number of amides is 1. The molecule has 5 heteroatoms. The van der Waals surface area contributed by atoms with Gasteiger partial charge in [0.15, 0.2) is 5.96 Å². The smallest absolute Gasteiger partial charge is 0.251 e. The number of guanidine groups is 1. The van der Waals surface area contributed by atoms with Gasteiger partial charge in [-0.05, 0) is 43.5 Å². The predicted octanol–water partition coefficient (Wildman–Crippen LogP) is 3.64. The van der Waals surface area contributed by atoms with E-state index in [0.717, 1.165) is 24.5 Å². The second-order valence-corrected chi connectivity index (χ2v) is 6.43. The van der Waals surface area contributed by atoms with E-state index in [1.54, 1.807) is 0 Å². The number of hydrogen-bond donors (Lipinski definition) is 3. The largest absolute Gasteiger partial charge is 0.357 e. The summed E-state index contributed by atoms with van der Waals surface area (Å²) in [5.41, 5.74) is 2.88. The highest BCUT2D eigenvalue weighted by Crippen LogP contribution is 2.11. The van der Waals surface area contributed by atoms with Crippen LogP contribution in [0.4, 0.5) is 0 Å². The van der Waals surface area contributed by atoms with Crippen molar-refractivity contribution in [3.8, 4) is 0 Å². The SMILES string of the molecule is CCCNC(=O)c1cccc(CN=C(NCC)NC(C)c2ccccc2)c1. The van der Waals surface area contributed by atoms with Crippen molar-refractivity contribution in [1.29, 1.82) is 0 Å². The van der Waals surface area contributed by atoms with Crippen LogP contribution in [0.15, 0.2) is 59.6 Å². The number of nitrogens with zero attached hydrogens (tertiary/aromatic N) is 1. The van der Waals surface area contributed by atoms with Gasteiger partial charge >= 0.3 is 0 Å². The van der Waals surface area contributed by atoms with Crippen LogP contribution in [0.2, 0.25) is 0 Å². The minimum atomic E-state index is -0.0367. The van der Waals surface area contributed by atoms with Crippen LogP contribution < -0.4 is 16.0 Å². The minimum absolute atomic E-state index is 0.0367. The molecule has 0 aliphatic rings. The van der Waals surface area contributed by atoms with E-state index in [4.69, 9.17) is 0 Å². The molecule has 27 heavy (non-hydrogen) atoms. The molecule has 1 amide bonds. The van der Waals surface area contributed by atoms with Crippen LogP contribution in [0.3, 0.4) is 0 Å². The Morgan fingerprint density at radius 2 is 1.81 bits per heavy atom. The number of rotatable bonds is 8. The average molecular weight is 367 g/mol. The van der Waals surface area contributed by atoms with E-state index >= 15 is 0 Å². The molecule has 0 fully saturated rings. The van der Waals surface area contributed by atoms with Crippen molar-refractivity contribution in [2.75, 3.05) is 13.1 Å². The van der Waals surface area contributed by atoms with Crippen LogP contribution in [0.25, 0.3) is 0 Å². The fourth-order valence-corrected chi connectivity index (χ4v) is 2.67. The maximum atomic E-state index is 12.1. The zero-order chi connectivity index (χ0) is 19.5. The molecule has 3 N–H and O–H groups in total.